The Labute approximate surface area is 123 Å². The Kier molecular flexibility index (Phi) is 5.45. The molecule has 0 saturated carbocycles. The highest BCUT2D eigenvalue weighted by atomic mass is 32.2. The lowest BCUT2D eigenvalue weighted by Crippen LogP contribution is -2.38. The second-order valence-corrected chi connectivity index (χ2v) is 6.24. The van der Waals surface area contributed by atoms with Gasteiger partial charge < -0.3 is 10.0 Å². The molecule has 1 atom stereocenters. The van der Waals surface area contributed by atoms with Crippen molar-refractivity contribution >= 4 is 21.9 Å². The number of carbonyl (C=O) groups is 2. The van der Waals surface area contributed by atoms with Gasteiger partial charge in [-0.15, -0.1) is 0 Å². The molecule has 0 radical (unpaired) electrons. The zero-order valence-corrected chi connectivity index (χ0v) is 12.8. The first-order valence-electron chi connectivity index (χ1n) is 6.29. The summed E-state index contributed by atoms with van der Waals surface area (Å²) in [7, 11) is -2.39. The summed E-state index contributed by atoms with van der Waals surface area (Å²) in [6, 6.07) is 4.23. The first kappa shape index (κ1) is 17.1. The summed E-state index contributed by atoms with van der Waals surface area (Å²) in [6.45, 7) is 3.51. The Hall–Kier alpha value is -1.93. The number of nitrogens with one attached hydrogen (secondary N) is 1. The van der Waals surface area contributed by atoms with Crippen LogP contribution in [0.25, 0.3) is 0 Å². The van der Waals surface area contributed by atoms with Crippen LogP contribution in [0, 0.1) is 0 Å². The summed E-state index contributed by atoms with van der Waals surface area (Å²) in [5, 5.41) is 8.75. The monoisotopic (exact) mass is 314 g/mol. The van der Waals surface area contributed by atoms with E-state index in [1.807, 2.05) is 4.72 Å². The molecule has 0 spiro atoms. The van der Waals surface area contributed by atoms with Crippen molar-refractivity contribution in [2.24, 2.45) is 0 Å². The van der Waals surface area contributed by atoms with Crippen molar-refractivity contribution in [1.82, 2.24) is 9.62 Å². The number of carboxylic acid groups (broad SMARTS) is 1. The standard InChI is InChI=1S/C13H18N2O5S/c1-4-15(3)12(16)10-6-5-7-11(8-10)21(19,20)14-9(2)13(17)18/h5-9,14H,4H2,1-3H3,(H,17,18)/t9-/m0/s1. The lowest BCUT2D eigenvalue weighted by molar-refractivity contribution is -0.138. The van der Waals surface area contributed by atoms with Gasteiger partial charge in [0.05, 0.1) is 4.90 Å². The minimum atomic E-state index is -3.99. The van der Waals surface area contributed by atoms with Crippen molar-refractivity contribution in [2.45, 2.75) is 24.8 Å². The molecule has 2 N–H and O–H groups in total. The quantitative estimate of drug-likeness (QED) is 0.797. The van der Waals surface area contributed by atoms with Crippen LogP contribution in [0.15, 0.2) is 29.2 Å². The molecule has 21 heavy (non-hydrogen) atoms. The molecular formula is C13H18N2O5S. The van der Waals surface area contributed by atoms with Gasteiger partial charge in [-0.1, -0.05) is 6.07 Å². The van der Waals surface area contributed by atoms with Gasteiger partial charge in [0, 0.05) is 19.2 Å². The number of hydrogen-bond donors (Lipinski definition) is 2. The summed E-state index contributed by atoms with van der Waals surface area (Å²) in [6.07, 6.45) is 0. The Morgan fingerprint density at radius 2 is 2.00 bits per heavy atom. The molecule has 116 valence electrons. The molecule has 0 heterocycles. The van der Waals surface area contributed by atoms with E-state index < -0.39 is 22.0 Å². The molecule has 1 rings (SSSR count). The minimum absolute atomic E-state index is 0.147. The van der Waals surface area contributed by atoms with E-state index in [1.165, 1.54) is 36.1 Å². The highest BCUT2D eigenvalue weighted by Gasteiger charge is 2.22. The maximum absolute atomic E-state index is 12.1. The van der Waals surface area contributed by atoms with E-state index in [-0.39, 0.29) is 16.4 Å². The number of amides is 1. The van der Waals surface area contributed by atoms with Gasteiger partial charge in [0.2, 0.25) is 10.0 Å². The molecule has 1 amide bonds. The van der Waals surface area contributed by atoms with Gasteiger partial charge in [-0.3, -0.25) is 9.59 Å². The molecule has 1 aromatic rings. The highest BCUT2D eigenvalue weighted by molar-refractivity contribution is 7.89. The van der Waals surface area contributed by atoms with Crippen molar-refractivity contribution in [1.29, 1.82) is 0 Å². The lowest BCUT2D eigenvalue weighted by Gasteiger charge is -2.15. The number of carbonyl (C=O) groups excluding carboxylic acids is 1. The Bertz CT molecular complexity index is 642. The van der Waals surface area contributed by atoms with E-state index >= 15 is 0 Å². The Morgan fingerprint density at radius 3 is 2.52 bits per heavy atom. The van der Waals surface area contributed by atoms with Gasteiger partial charge in [0.15, 0.2) is 0 Å². The van der Waals surface area contributed by atoms with E-state index in [9.17, 15) is 18.0 Å². The van der Waals surface area contributed by atoms with E-state index in [0.29, 0.717) is 6.54 Å². The van der Waals surface area contributed by atoms with E-state index in [4.69, 9.17) is 5.11 Å². The summed E-state index contributed by atoms with van der Waals surface area (Å²) < 4.78 is 26.2. The maximum Gasteiger partial charge on any atom is 0.321 e. The van der Waals surface area contributed by atoms with Crippen molar-refractivity contribution in [2.75, 3.05) is 13.6 Å². The van der Waals surface area contributed by atoms with Crippen LogP contribution in [-0.4, -0.2) is 49.9 Å². The number of aliphatic carboxylic acids is 1. The molecule has 0 bridgehead atoms. The van der Waals surface area contributed by atoms with Gasteiger partial charge in [-0.05, 0) is 32.0 Å². The van der Waals surface area contributed by atoms with E-state index in [2.05, 4.69) is 0 Å². The zero-order valence-electron chi connectivity index (χ0n) is 12.0. The lowest BCUT2D eigenvalue weighted by atomic mass is 10.2. The van der Waals surface area contributed by atoms with E-state index in [0.717, 1.165) is 0 Å². The predicted octanol–water partition coefficient (Wildman–Crippen LogP) is 0.530. The third kappa shape index (κ3) is 4.27. The number of nitrogens with zero attached hydrogens (tertiary/aromatic N) is 1. The molecule has 0 aliphatic carbocycles. The zero-order chi connectivity index (χ0) is 16.2. The first-order valence-corrected chi connectivity index (χ1v) is 7.78. The smallest absolute Gasteiger partial charge is 0.321 e. The van der Waals surface area contributed by atoms with Crippen molar-refractivity contribution < 1.29 is 23.1 Å². The number of hydrogen-bond acceptors (Lipinski definition) is 4. The number of carboxylic acids is 1. The van der Waals surface area contributed by atoms with Crippen LogP contribution in [0.1, 0.15) is 24.2 Å². The number of rotatable bonds is 6. The summed E-state index contributed by atoms with van der Waals surface area (Å²) >= 11 is 0. The fourth-order valence-corrected chi connectivity index (χ4v) is 2.75. The summed E-state index contributed by atoms with van der Waals surface area (Å²) in [5.74, 6) is -1.59. The predicted molar refractivity (Wildman–Crippen MR) is 76.5 cm³/mol. The second-order valence-electron chi connectivity index (χ2n) is 4.53. The van der Waals surface area contributed by atoms with Crippen molar-refractivity contribution in [3.63, 3.8) is 0 Å². The molecule has 0 saturated heterocycles. The summed E-state index contributed by atoms with van der Waals surface area (Å²) in [5.41, 5.74) is 0.227. The summed E-state index contributed by atoms with van der Waals surface area (Å²) in [4.78, 5) is 24.0. The molecule has 0 aromatic heterocycles. The molecule has 0 unspecified atom stereocenters. The van der Waals surface area contributed by atoms with Crippen LogP contribution in [0.5, 0.6) is 0 Å². The largest absolute Gasteiger partial charge is 0.480 e. The normalized spacial score (nSPS) is 12.7. The fourth-order valence-electron chi connectivity index (χ4n) is 1.51. The molecule has 1 aromatic carbocycles. The van der Waals surface area contributed by atoms with Gasteiger partial charge in [-0.25, -0.2) is 8.42 Å². The van der Waals surface area contributed by atoms with Crippen LogP contribution in [0.4, 0.5) is 0 Å². The highest BCUT2D eigenvalue weighted by Crippen LogP contribution is 2.13. The average Bonchev–Trinajstić information content (AvgIpc) is 2.45. The van der Waals surface area contributed by atoms with Gasteiger partial charge >= 0.3 is 5.97 Å². The second kappa shape index (κ2) is 6.68. The van der Waals surface area contributed by atoms with Crippen LogP contribution >= 0.6 is 0 Å². The van der Waals surface area contributed by atoms with Crippen LogP contribution in [0.2, 0.25) is 0 Å². The number of sulfonamides is 1. The number of benzene rings is 1. The van der Waals surface area contributed by atoms with Crippen LogP contribution < -0.4 is 4.72 Å². The first-order chi connectivity index (χ1) is 9.69. The minimum Gasteiger partial charge on any atom is -0.480 e. The van der Waals surface area contributed by atoms with Gasteiger partial charge in [0.25, 0.3) is 5.91 Å². The fraction of sp³-hybridized carbons (Fsp3) is 0.385. The van der Waals surface area contributed by atoms with Gasteiger partial charge in [0.1, 0.15) is 6.04 Å². The molecule has 8 heteroatoms. The molecular weight excluding hydrogens is 296 g/mol. The topological polar surface area (TPSA) is 104 Å². The SMILES string of the molecule is CCN(C)C(=O)c1cccc(S(=O)(=O)N[C@@H](C)C(=O)O)c1. The van der Waals surface area contributed by atoms with Crippen molar-refractivity contribution in [3.8, 4) is 0 Å². The third-order valence-electron chi connectivity index (χ3n) is 2.91. The van der Waals surface area contributed by atoms with Crippen LogP contribution in [0.3, 0.4) is 0 Å². The van der Waals surface area contributed by atoms with E-state index in [1.54, 1.807) is 14.0 Å². The maximum atomic E-state index is 12.1. The van der Waals surface area contributed by atoms with Crippen molar-refractivity contribution in [3.05, 3.63) is 29.8 Å². The molecule has 0 fully saturated rings. The van der Waals surface area contributed by atoms with Gasteiger partial charge in [-0.2, -0.15) is 4.72 Å². The third-order valence-corrected chi connectivity index (χ3v) is 4.45. The molecule has 7 nitrogen and oxygen atoms in total. The Balaban J connectivity index is 3.10. The Morgan fingerprint density at radius 1 is 1.38 bits per heavy atom. The average molecular weight is 314 g/mol. The van der Waals surface area contributed by atoms with Crippen LogP contribution in [-0.2, 0) is 14.8 Å². The molecule has 0 aliphatic rings. The molecule has 0 aliphatic heterocycles.